The molecule has 40 heavy (non-hydrogen) atoms. The predicted molar refractivity (Wildman–Crippen MR) is 163 cm³/mol. The summed E-state index contributed by atoms with van der Waals surface area (Å²) in [6, 6.07) is -0.901. The molecule has 0 aliphatic carbocycles. The number of hydrogen-bond donors (Lipinski definition) is 1. The second-order valence-corrected chi connectivity index (χ2v) is 19.8. The van der Waals surface area contributed by atoms with Crippen LogP contribution in [0.2, 0.25) is 18.1 Å². The van der Waals surface area contributed by atoms with Crippen LogP contribution in [0.5, 0.6) is 0 Å². The van der Waals surface area contributed by atoms with Crippen molar-refractivity contribution < 1.29 is 33.0 Å². The summed E-state index contributed by atoms with van der Waals surface area (Å²) in [5, 5.41) is 2.82. The van der Waals surface area contributed by atoms with Gasteiger partial charge in [0.25, 0.3) is 0 Å². The van der Waals surface area contributed by atoms with Gasteiger partial charge < -0.3 is 28.9 Å². The van der Waals surface area contributed by atoms with Crippen molar-refractivity contribution in [2.45, 2.75) is 156 Å². The number of carbonyl (C=O) groups is 3. The van der Waals surface area contributed by atoms with Gasteiger partial charge in [0.15, 0.2) is 8.32 Å². The van der Waals surface area contributed by atoms with Gasteiger partial charge in [0.1, 0.15) is 22.8 Å². The smallest absolute Gasteiger partial charge is 0.410 e. The van der Waals surface area contributed by atoms with E-state index in [-0.39, 0.29) is 17.6 Å². The molecule has 0 bridgehead atoms. The van der Waals surface area contributed by atoms with Crippen molar-refractivity contribution in [1.82, 2.24) is 10.2 Å². The van der Waals surface area contributed by atoms with E-state index in [0.29, 0.717) is 19.5 Å². The molecular weight excluding hydrogens is 528 g/mol. The number of nitrogens with one attached hydrogen (secondary N) is 1. The topological polar surface area (TPSA) is 103 Å². The molecule has 0 aliphatic heterocycles. The number of hydrogen-bond acceptors (Lipinski definition) is 7. The molecule has 0 aliphatic rings. The fourth-order valence-electron chi connectivity index (χ4n) is 3.30. The third-order valence-corrected chi connectivity index (χ3v) is 10.8. The molecule has 0 heterocycles. The minimum absolute atomic E-state index is 0.177. The molecule has 10 heteroatoms. The van der Waals surface area contributed by atoms with Crippen molar-refractivity contribution >= 4 is 26.5 Å². The van der Waals surface area contributed by atoms with Gasteiger partial charge in [-0.25, -0.2) is 14.4 Å². The van der Waals surface area contributed by atoms with Gasteiger partial charge in [-0.1, -0.05) is 20.8 Å². The molecule has 9 nitrogen and oxygen atoms in total. The third-order valence-electron chi connectivity index (χ3n) is 6.30. The van der Waals surface area contributed by atoms with Crippen molar-refractivity contribution in [3.05, 3.63) is 0 Å². The second-order valence-electron chi connectivity index (χ2n) is 15.0. The van der Waals surface area contributed by atoms with E-state index in [1.807, 2.05) is 20.8 Å². The van der Waals surface area contributed by atoms with Gasteiger partial charge in [-0.3, -0.25) is 0 Å². The average Bonchev–Trinajstić information content (AvgIpc) is 2.69. The molecule has 1 atom stereocenters. The average molecular weight is 589 g/mol. The van der Waals surface area contributed by atoms with Gasteiger partial charge in [-0.15, -0.1) is 0 Å². The number of alkyl carbamates (subject to hydrolysis) is 1. The highest BCUT2D eigenvalue weighted by molar-refractivity contribution is 6.74. The first kappa shape index (κ1) is 38.2. The zero-order chi connectivity index (χ0) is 31.6. The van der Waals surface area contributed by atoms with Crippen molar-refractivity contribution in [2.75, 3.05) is 19.7 Å². The summed E-state index contributed by atoms with van der Waals surface area (Å²) < 4.78 is 22.8. The van der Waals surface area contributed by atoms with E-state index in [2.05, 4.69) is 39.2 Å². The van der Waals surface area contributed by atoms with Crippen LogP contribution in [0.25, 0.3) is 0 Å². The molecule has 0 fully saturated rings. The Morgan fingerprint density at radius 3 is 1.68 bits per heavy atom. The number of nitrogens with zero attached hydrogens (tertiary/aromatic N) is 1. The molecule has 0 aromatic carbocycles. The van der Waals surface area contributed by atoms with Crippen molar-refractivity contribution in [3.63, 3.8) is 0 Å². The Morgan fingerprint density at radius 2 is 1.20 bits per heavy atom. The summed E-state index contributed by atoms with van der Waals surface area (Å²) in [4.78, 5) is 39.9. The number of rotatable bonds is 13. The maximum Gasteiger partial charge on any atom is 0.410 e. The number of unbranched alkanes of at least 4 members (excludes halogenated alkanes) is 2. The van der Waals surface area contributed by atoms with Crippen molar-refractivity contribution in [2.24, 2.45) is 0 Å². The van der Waals surface area contributed by atoms with E-state index >= 15 is 0 Å². The molecule has 0 unspecified atom stereocenters. The highest BCUT2D eigenvalue weighted by Gasteiger charge is 2.36. The first-order chi connectivity index (χ1) is 17.8. The van der Waals surface area contributed by atoms with Crippen LogP contribution in [-0.2, 0) is 23.4 Å². The summed E-state index contributed by atoms with van der Waals surface area (Å²) in [5.74, 6) is -0.538. The lowest BCUT2D eigenvalue weighted by atomic mass is 10.1. The van der Waals surface area contributed by atoms with E-state index < -0.39 is 43.2 Å². The Balaban J connectivity index is 5.20. The lowest BCUT2D eigenvalue weighted by Gasteiger charge is -2.36. The van der Waals surface area contributed by atoms with Crippen LogP contribution in [0.3, 0.4) is 0 Å². The minimum atomic E-state index is -1.77. The molecule has 0 radical (unpaired) electrons. The number of esters is 1. The zero-order valence-corrected chi connectivity index (χ0v) is 29.0. The quantitative estimate of drug-likeness (QED) is 0.103. The minimum Gasteiger partial charge on any atom is -0.458 e. The first-order valence-electron chi connectivity index (χ1n) is 14.7. The van der Waals surface area contributed by atoms with E-state index in [9.17, 15) is 14.4 Å². The van der Waals surface area contributed by atoms with Gasteiger partial charge in [0, 0.05) is 19.7 Å². The maximum absolute atomic E-state index is 13.0. The van der Waals surface area contributed by atoms with Gasteiger partial charge in [-0.2, -0.15) is 0 Å². The Morgan fingerprint density at radius 1 is 0.700 bits per heavy atom. The molecule has 0 rings (SSSR count). The van der Waals surface area contributed by atoms with E-state index in [1.165, 1.54) is 0 Å². The highest BCUT2D eigenvalue weighted by Crippen LogP contribution is 2.36. The SMILES string of the molecule is CC(C)(C)OC(=O)N[C@@H](CCCN(CCCCCO[Si](C)(C)C(C)(C)C)C(=O)OC(C)(C)C)C(=O)OC(C)(C)C. The van der Waals surface area contributed by atoms with Crippen LogP contribution in [0.15, 0.2) is 0 Å². The number of amides is 2. The summed E-state index contributed by atoms with van der Waals surface area (Å²) in [6.07, 6.45) is 2.34. The standard InChI is InChI=1S/C30H60N2O7Si/c1-27(2,3)37-24(33)23(31-25(34)38-28(4,5)6)19-18-21-32(26(35)39-29(7,8)9)20-16-15-17-22-36-40(13,14)30(10,11)12/h23H,15-22H2,1-14H3,(H,31,34)/t23-/m0/s1. The van der Waals surface area contributed by atoms with Crippen LogP contribution in [0.1, 0.15) is 115 Å². The number of ether oxygens (including phenoxy) is 3. The molecule has 0 saturated heterocycles. The number of carbonyl (C=O) groups excluding carboxylic acids is 3. The normalized spacial score (nSPS) is 13.8. The molecule has 2 amide bonds. The van der Waals surface area contributed by atoms with Gasteiger partial charge in [0.2, 0.25) is 0 Å². The monoisotopic (exact) mass is 588 g/mol. The van der Waals surface area contributed by atoms with Crippen molar-refractivity contribution in [3.8, 4) is 0 Å². The van der Waals surface area contributed by atoms with E-state index in [4.69, 9.17) is 18.6 Å². The van der Waals surface area contributed by atoms with Crippen molar-refractivity contribution in [1.29, 1.82) is 0 Å². The molecule has 236 valence electrons. The third kappa shape index (κ3) is 17.8. The van der Waals surface area contributed by atoms with Gasteiger partial charge in [-0.05, 0) is 113 Å². The van der Waals surface area contributed by atoms with E-state index in [1.54, 1.807) is 46.4 Å². The Hall–Kier alpha value is -1.81. The Labute approximate surface area is 245 Å². The Kier molecular flexibility index (Phi) is 14.7. The summed E-state index contributed by atoms with van der Waals surface area (Å²) in [6.45, 7) is 28.9. The molecule has 0 spiro atoms. The van der Waals surface area contributed by atoms with Crippen LogP contribution in [0.4, 0.5) is 9.59 Å². The second kappa shape index (κ2) is 15.4. The lowest BCUT2D eigenvalue weighted by molar-refractivity contribution is -0.157. The fraction of sp³-hybridized carbons (Fsp3) is 0.900. The highest BCUT2D eigenvalue weighted by atomic mass is 28.4. The van der Waals surface area contributed by atoms with Crippen LogP contribution in [-0.4, -0.2) is 73.9 Å². The molecule has 0 aromatic rings. The molecular formula is C30H60N2O7Si. The summed E-state index contributed by atoms with van der Waals surface area (Å²) in [7, 11) is -1.77. The largest absolute Gasteiger partial charge is 0.458 e. The van der Waals surface area contributed by atoms with Crippen LogP contribution in [0, 0.1) is 0 Å². The molecule has 0 aromatic heterocycles. The lowest BCUT2D eigenvalue weighted by Crippen LogP contribution is -2.46. The Bertz CT molecular complexity index is 803. The predicted octanol–water partition coefficient (Wildman–Crippen LogP) is 7.43. The summed E-state index contributed by atoms with van der Waals surface area (Å²) >= 11 is 0. The maximum atomic E-state index is 13.0. The fourth-order valence-corrected chi connectivity index (χ4v) is 4.39. The van der Waals surface area contributed by atoms with Gasteiger partial charge in [0.05, 0.1) is 0 Å². The van der Waals surface area contributed by atoms with E-state index in [0.717, 1.165) is 25.9 Å². The molecule has 1 N–H and O–H groups in total. The molecule has 0 saturated carbocycles. The van der Waals surface area contributed by atoms with Gasteiger partial charge >= 0.3 is 18.2 Å². The first-order valence-corrected chi connectivity index (χ1v) is 17.6. The van der Waals surface area contributed by atoms with Crippen LogP contribution < -0.4 is 5.32 Å². The van der Waals surface area contributed by atoms with Crippen LogP contribution >= 0.6 is 0 Å². The summed E-state index contributed by atoms with van der Waals surface area (Å²) in [5.41, 5.74) is -2.03. The zero-order valence-electron chi connectivity index (χ0n) is 28.0.